The molecule has 0 saturated carbocycles. The van der Waals surface area contributed by atoms with E-state index in [1.807, 2.05) is 66.4 Å². The number of nitrogens with one attached hydrogen (secondary N) is 2. The number of carbonyl (C=O) groups is 2. The molecule has 246 valence electrons. The van der Waals surface area contributed by atoms with Crippen LogP contribution in [0.3, 0.4) is 0 Å². The fraction of sp³-hybridized carbons (Fsp3) is 0.353. The minimum Gasteiger partial charge on any atom is -0.417 e. The molecule has 47 heavy (non-hydrogen) atoms. The van der Waals surface area contributed by atoms with Crippen LogP contribution in [0.15, 0.2) is 77.3 Å². The standard InChI is InChI=1S/C34H36F3N7O3/c1-23-8-5-6-11-27(23)40-32(46)43-17-7-16-42(20-21-43)28-13-12-26(22-38-28)39-31(45)29-30(34(35,36)37)41-33(47-29)44-18-14-25(15-19-44)24-9-3-2-4-10-24/h2-6,8-13,22,25H,7,14-21H2,1H3,(H,39,45)(H,40,46). The molecule has 0 spiro atoms. The topological polar surface area (TPSA) is 107 Å². The molecule has 2 N–H and O–H groups in total. The average Bonchev–Trinajstić information content (AvgIpc) is 3.40. The number of urea groups is 1. The monoisotopic (exact) mass is 647 g/mol. The Morgan fingerprint density at radius 2 is 1.60 bits per heavy atom. The number of nitrogens with zero attached hydrogens (tertiary/aromatic N) is 5. The van der Waals surface area contributed by atoms with Gasteiger partial charge in [-0.25, -0.2) is 9.78 Å². The molecule has 0 bridgehead atoms. The van der Waals surface area contributed by atoms with Gasteiger partial charge in [-0.3, -0.25) is 4.79 Å². The van der Waals surface area contributed by atoms with Gasteiger partial charge >= 0.3 is 12.2 Å². The van der Waals surface area contributed by atoms with Crippen molar-refractivity contribution in [3.8, 4) is 0 Å². The van der Waals surface area contributed by atoms with Crippen molar-refractivity contribution in [3.05, 3.63) is 95.5 Å². The highest BCUT2D eigenvalue weighted by Gasteiger charge is 2.42. The third kappa shape index (κ3) is 7.50. The van der Waals surface area contributed by atoms with Gasteiger partial charge in [0.15, 0.2) is 5.69 Å². The van der Waals surface area contributed by atoms with Crippen LogP contribution in [-0.2, 0) is 6.18 Å². The molecule has 13 heteroatoms. The van der Waals surface area contributed by atoms with Gasteiger partial charge in [-0.15, -0.1) is 0 Å². The second kappa shape index (κ2) is 13.7. The number of piperidine rings is 1. The van der Waals surface area contributed by atoms with Crippen LogP contribution in [0.1, 0.15) is 52.6 Å². The van der Waals surface area contributed by atoms with Crippen molar-refractivity contribution in [1.29, 1.82) is 0 Å². The van der Waals surface area contributed by atoms with Gasteiger partial charge in [0.05, 0.1) is 11.9 Å². The summed E-state index contributed by atoms with van der Waals surface area (Å²) < 4.78 is 47.3. The number of amides is 3. The van der Waals surface area contributed by atoms with Gasteiger partial charge in [0.2, 0.25) is 5.76 Å². The Labute approximate surface area is 270 Å². The molecule has 2 aromatic carbocycles. The van der Waals surface area contributed by atoms with Crippen molar-refractivity contribution >= 4 is 35.1 Å². The van der Waals surface area contributed by atoms with Crippen LogP contribution < -0.4 is 20.4 Å². The lowest BCUT2D eigenvalue weighted by atomic mass is 9.90. The Bertz CT molecular complexity index is 1690. The normalized spacial score (nSPS) is 16.1. The van der Waals surface area contributed by atoms with Crippen LogP contribution in [0.2, 0.25) is 0 Å². The zero-order valence-electron chi connectivity index (χ0n) is 26.0. The molecule has 2 aliphatic rings. The Morgan fingerprint density at radius 3 is 2.30 bits per heavy atom. The maximum Gasteiger partial charge on any atom is 0.437 e. The summed E-state index contributed by atoms with van der Waals surface area (Å²) in [5, 5.41) is 5.44. The quantitative estimate of drug-likeness (QED) is 0.238. The number of oxazole rings is 1. The van der Waals surface area contributed by atoms with E-state index in [4.69, 9.17) is 4.42 Å². The maximum atomic E-state index is 13.9. The number of hydrogen-bond donors (Lipinski definition) is 2. The molecule has 3 amide bonds. The minimum atomic E-state index is -4.88. The fourth-order valence-electron chi connectivity index (χ4n) is 6.01. The average molecular weight is 648 g/mol. The number of halogens is 3. The van der Waals surface area contributed by atoms with E-state index in [-0.39, 0.29) is 17.7 Å². The number of aryl methyl sites for hydroxylation is 1. The van der Waals surface area contributed by atoms with Gasteiger partial charge in [-0.05, 0) is 61.4 Å². The molecule has 4 aromatic rings. The first-order valence-electron chi connectivity index (χ1n) is 15.7. The van der Waals surface area contributed by atoms with E-state index in [0.29, 0.717) is 51.0 Å². The molecule has 2 fully saturated rings. The molecule has 6 rings (SSSR count). The van der Waals surface area contributed by atoms with Crippen molar-refractivity contribution in [2.45, 2.75) is 38.3 Å². The SMILES string of the molecule is Cc1ccccc1NC(=O)N1CCCN(c2ccc(NC(=O)c3oc(N4CCC(c5ccccc5)CC4)nc3C(F)(F)F)cn2)CC1. The third-order valence-corrected chi connectivity index (χ3v) is 8.63. The van der Waals surface area contributed by atoms with Crippen molar-refractivity contribution in [2.75, 3.05) is 59.7 Å². The molecule has 2 saturated heterocycles. The molecule has 10 nitrogen and oxygen atoms in total. The summed E-state index contributed by atoms with van der Waals surface area (Å²) in [5.74, 6) is -1.03. The van der Waals surface area contributed by atoms with Crippen molar-refractivity contribution in [1.82, 2.24) is 14.9 Å². The number of para-hydroxylation sites is 1. The molecule has 2 aliphatic heterocycles. The lowest BCUT2D eigenvalue weighted by molar-refractivity contribution is -0.141. The van der Waals surface area contributed by atoms with Gasteiger partial charge in [0.25, 0.3) is 11.9 Å². The Hall–Kier alpha value is -5.07. The lowest BCUT2D eigenvalue weighted by Gasteiger charge is -2.31. The fourth-order valence-corrected chi connectivity index (χ4v) is 6.01. The lowest BCUT2D eigenvalue weighted by Crippen LogP contribution is -2.38. The first-order chi connectivity index (χ1) is 22.7. The number of hydrogen-bond acceptors (Lipinski definition) is 7. The number of alkyl halides is 3. The first-order valence-corrected chi connectivity index (χ1v) is 15.7. The first kappa shape index (κ1) is 31.9. The van der Waals surface area contributed by atoms with Crippen molar-refractivity contribution in [3.63, 3.8) is 0 Å². The molecule has 0 atom stereocenters. The van der Waals surface area contributed by atoms with Crippen molar-refractivity contribution in [2.24, 2.45) is 0 Å². The summed E-state index contributed by atoms with van der Waals surface area (Å²) in [6.07, 6.45) is -1.32. The van der Waals surface area contributed by atoms with E-state index in [0.717, 1.165) is 30.5 Å². The summed E-state index contributed by atoms with van der Waals surface area (Å²) in [6.45, 7) is 5.10. The smallest absolute Gasteiger partial charge is 0.417 e. The Kier molecular flexibility index (Phi) is 9.32. The number of anilines is 4. The predicted molar refractivity (Wildman–Crippen MR) is 173 cm³/mol. The molecule has 2 aromatic heterocycles. The number of pyridine rings is 1. The molecular weight excluding hydrogens is 611 g/mol. The highest BCUT2D eigenvalue weighted by atomic mass is 19.4. The predicted octanol–water partition coefficient (Wildman–Crippen LogP) is 6.78. The van der Waals surface area contributed by atoms with Gasteiger partial charge in [0, 0.05) is 45.0 Å². The number of rotatable bonds is 6. The van der Waals surface area contributed by atoms with Crippen LogP contribution in [0.25, 0.3) is 0 Å². The van der Waals surface area contributed by atoms with E-state index in [9.17, 15) is 22.8 Å². The third-order valence-electron chi connectivity index (χ3n) is 8.63. The molecule has 0 radical (unpaired) electrons. The minimum absolute atomic E-state index is 0.169. The summed E-state index contributed by atoms with van der Waals surface area (Å²) in [7, 11) is 0. The summed E-state index contributed by atoms with van der Waals surface area (Å²) in [6, 6.07) is 20.4. The van der Waals surface area contributed by atoms with Gasteiger partial charge in [-0.1, -0.05) is 48.5 Å². The summed E-state index contributed by atoms with van der Waals surface area (Å²) in [5.41, 5.74) is 1.79. The van der Waals surface area contributed by atoms with E-state index in [2.05, 4.69) is 20.6 Å². The zero-order chi connectivity index (χ0) is 33.0. The second-order valence-electron chi connectivity index (χ2n) is 11.8. The Morgan fingerprint density at radius 1 is 0.851 bits per heavy atom. The maximum absolute atomic E-state index is 13.9. The van der Waals surface area contributed by atoms with Crippen LogP contribution in [-0.4, -0.2) is 66.1 Å². The number of aromatic nitrogens is 2. The summed E-state index contributed by atoms with van der Waals surface area (Å²) >= 11 is 0. The number of benzene rings is 2. The van der Waals surface area contributed by atoms with Crippen LogP contribution in [0.4, 0.5) is 41.2 Å². The van der Waals surface area contributed by atoms with Gasteiger partial charge < -0.3 is 29.8 Å². The molecule has 4 heterocycles. The highest BCUT2D eigenvalue weighted by Crippen LogP contribution is 2.36. The van der Waals surface area contributed by atoms with Crippen LogP contribution >= 0.6 is 0 Å². The van der Waals surface area contributed by atoms with Crippen molar-refractivity contribution < 1.29 is 27.2 Å². The van der Waals surface area contributed by atoms with Gasteiger partial charge in [-0.2, -0.15) is 18.2 Å². The van der Waals surface area contributed by atoms with E-state index >= 15 is 0 Å². The molecular formula is C34H36F3N7O3. The largest absolute Gasteiger partial charge is 0.437 e. The van der Waals surface area contributed by atoms with Crippen LogP contribution in [0.5, 0.6) is 0 Å². The molecule has 0 aliphatic carbocycles. The van der Waals surface area contributed by atoms with E-state index in [1.54, 1.807) is 21.9 Å². The summed E-state index contributed by atoms with van der Waals surface area (Å²) in [4.78, 5) is 39.5. The Balaban J connectivity index is 1.07. The molecule has 0 unspecified atom stereocenters. The zero-order valence-corrected chi connectivity index (χ0v) is 26.0. The second-order valence-corrected chi connectivity index (χ2v) is 11.8. The van der Waals surface area contributed by atoms with Crippen LogP contribution in [0, 0.1) is 6.92 Å². The van der Waals surface area contributed by atoms with E-state index in [1.165, 1.54) is 11.8 Å². The number of carbonyl (C=O) groups excluding carboxylic acids is 2. The van der Waals surface area contributed by atoms with Gasteiger partial charge in [0.1, 0.15) is 5.82 Å². The highest BCUT2D eigenvalue weighted by molar-refractivity contribution is 6.03. The van der Waals surface area contributed by atoms with E-state index < -0.39 is 23.5 Å².